The molecule has 0 aromatic heterocycles. The number of rotatable bonds is 3. The summed E-state index contributed by atoms with van der Waals surface area (Å²) in [6, 6.07) is 11.7. The van der Waals surface area contributed by atoms with Crippen LogP contribution >= 0.6 is 15.9 Å². The Bertz CT molecular complexity index is 660. The second-order valence-corrected chi connectivity index (χ2v) is 5.75. The normalized spacial score (nSPS) is 10.3. The predicted molar refractivity (Wildman–Crippen MR) is 85.8 cm³/mol. The molecule has 0 spiro atoms. The van der Waals surface area contributed by atoms with Crippen LogP contribution in [0.3, 0.4) is 0 Å². The number of urea groups is 1. The summed E-state index contributed by atoms with van der Waals surface area (Å²) in [5, 5.41) is 2.82. The van der Waals surface area contributed by atoms with Crippen LogP contribution < -0.4 is 5.32 Å². The fourth-order valence-electron chi connectivity index (χ4n) is 1.91. The van der Waals surface area contributed by atoms with Crippen LogP contribution in [-0.2, 0) is 6.54 Å². The van der Waals surface area contributed by atoms with Gasteiger partial charge in [0.05, 0.1) is 5.69 Å². The molecule has 110 valence electrons. The average molecular weight is 351 g/mol. The van der Waals surface area contributed by atoms with Gasteiger partial charge in [-0.1, -0.05) is 18.2 Å². The van der Waals surface area contributed by atoms with Gasteiger partial charge in [0.15, 0.2) is 0 Å². The number of hydrogen-bond donors (Lipinski definition) is 1. The molecule has 0 aliphatic heterocycles. The molecule has 0 saturated carbocycles. The van der Waals surface area contributed by atoms with Crippen molar-refractivity contribution in [1.29, 1.82) is 0 Å². The van der Waals surface area contributed by atoms with Crippen LogP contribution in [0.15, 0.2) is 46.9 Å². The summed E-state index contributed by atoms with van der Waals surface area (Å²) in [6.07, 6.45) is 0. The van der Waals surface area contributed by atoms with Crippen LogP contribution in [0.25, 0.3) is 0 Å². The highest BCUT2D eigenvalue weighted by molar-refractivity contribution is 9.10. The van der Waals surface area contributed by atoms with Crippen molar-refractivity contribution in [2.24, 2.45) is 0 Å². The van der Waals surface area contributed by atoms with E-state index in [4.69, 9.17) is 0 Å². The van der Waals surface area contributed by atoms with Gasteiger partial charge in [-0.15, -0.1) is 0 Å². The Morgan fingerprint density at radius 2 is 2.05 bits per heavy atom. The highest BCUT2D eigenvalue weighted by Gasteiger charge is 2.11. The molecular weight excluding hydrogens is 335 g/mol. The van der Waals surface area contributed by atoms with Crippen LogP contribution in [0.5, 0.6) is 0 Å². The van der Waals surface area contributed by atoms with Crippen LogP contribution in [0.1, 0.15) is 11.1 Å². The lowest BCUT2D eigenvalue weighted by atomic mass is 10.2. The number of hydrogen-bond acceptors (Lipinski definition) is 1. The molecule has 0 saturated heterocycles. The molecule has 2 aromatic carbocycles. The Balaban J connectivity index is 2.02. The monoisotopic (exact) mass is 350 g/mol. The lowest BCUT2D eigenvalue weighted by molar-refractivity contribution is 0.220. The number of nitrogens with one attached hydrogen (secondary N) is 1. The molecule has 3 nitrogen and oxygen atoms in total. The second-order valence-electron chi connectivity index (χ2n) is 4.90. The third-order valence-electron chi connectivity index (χ3n) is 3.02. The van der Waals surface area contributed by atoms with Crippen molar-refractivity contribution in [3.05, 3.63) is 63.9 Å². The highest BCUT2D eigenvalue weighted by Crippen LogP contribution is 2.23. The zero-order valence-corrected chi connectivity index (χ0v) is 13.4. The largest absolute Gasteiger partial charge is 0.323 e. The molecule has 0 heterocycles. The minimum Gasteiger partial charge on any atom is -0.323 e. The highest BCUT2D eigenvalue weighted by atomic mass is 79.9. The first-order chi connectivity index (χ1) is 9.95. The van der Waals surface area contributed by atoms with Crippen molar-refractivity contribution < 1.29 is 9.18 Å². The first-order valence-corrected chi connectivity index (χ1v) is 7.28. The lowest BCUT2D eigenvalue weighted by Crippen LogP contribution is -2.31. The topological polar surface area (TPSA) is 32.3 Å². The van der Waals surface area contributed by atoms with E-state index in [1.807, 2.05) is 25.1 Å². The standard InChI is InChI=1S/C16H16BrFN2O/c1-11-6-7-15(14(17)8-11)19-16(21)20(2)10-12-4-3-5-13(18)9-12/h3-9H,10H2,1-2H3,(H,19,21). The summed E-state index contributed by atoms with van der Waals surface area (Å²) >= 11 is 3.42. The number of carbonyl (C=O) groups is 1. The van der Waals surface area contributed by atoms with Gasteiger partial charge in [0.2, 0.25) is 0 Å². The van der Waals surface area contributed by atoms with Gasteiger partial charge in [-0.3, -0.25) is 0 Å². The summed E-state index contributed by atoms with van der Waals surface area (Å²) in [5.41, 5.74) is 2.56. The van der Waals surface area contributed by atoms with Gasteiger partial charge >= 0.3 is 6.03 Å². The molecule has 2 amide bonds. The molecule has 0 aliphatic rings. The Kier molecular flexibility index (Phi) is 4.96. The fourth-order valence-corrected chi connectivity index (χ4v) is 2.51. The van der Waals surface area contributed by atoms with E-state index in [0.717, 1.165) is 15.6 Å². The van der Waals surface area contributed by atoms with Crippen LogP contribution in [0.4, 0.5) is 14.9 Å². The predicted octanol–water partition coefficient (Wildman–Crippen LogP) is 4.56. The molecule has 1 N–H and O–H groups in total. The van der Waals surface area contributed by atoms with E-state index >= 15 is 0 Å². The zero-order chi connectivity index (χ0) is 15.4. The van der Waals surface area contributed by atoms with Crippen molar-refractivity contribution in [3.63, 3.8) is 0 Å². The van der Waals surface area contributed by atoms with E-state index in [2.05, 4.69) is 21.2 Å². The number of anilines is 1. The molecule has 0 bridgehead atoms. The Morgan fingerprint density at radius 3 is 2.71 bits per heavy atom. The van der Waals surface area contributed by atoms with Crippen molar-refractivity contribution in [3.8, 4) is 0 Å². The third kappa shape index (κ3) is 4.29. The first kappa shape index (κ1) is 15.5. The van der Waals surface area contributed by atoms with Gasteiger partial charge < -0.3 is 10.2 Å². The molecule has 0 atom stereocenters. The Labute approximate surface area is 131 Å². The fraction of sp³-hybridized carbons (Fsp3) is 0.188. The molecule has 0 radical (unpaired) electrons. The average Bonchev–Trinajstić information content (AvgIpc) is 2.41. The van der Waals surface area contributed by atoms with Crippen molar-refractivity contribution in [1.82, 2.24) is 4.90 Å². The summed E-state index contributed by atoms with van der Waals surface area (Å²) in [4.78, 5) is 13.6. The quantitative estimate of drug-likeness (QED) is 0.864. The molecule has 5 heteroatoms. The minimum atomic E-state index is -0.303. The van der Waals surface area contributed by atoms with Crippen molar-refractivity contribution in [2.75, 3.05) is 12.4 Å². The van der Waals surface area contributed by atoms with E-state index < -0.39 is 0 Å². The minimum absolute atomic E-state index is 0.246. The van der Waals surface area contributed by atoms with E-state index in [1.165, 1.54) is 17.0 Å². The van der Waals surface area contributed by atoms with Gasteiger partial charge in [0.1, 0.15) is 5.82 Å². The van der Waals surface area contributed by atoms with Crippen molar-refractivity contribution >= 4 is 27.6 Å². The van der Waals surface area contributed by atoms with Gasteiger partial charge in [-0.2, -0.15) is 0 Å². The molecule has 2 aromatic rings. The van der Waals surface area contributed by atoms with Gasteiger partial charge in [0, 0.05) is 18.1 Å². The number of benzene rings is 2. The van der Waals surface area contributed by atoms with E-state index in [0.29, 0.717) is 12.2 Å². The Hall–Kier alpha value is -1.88. The maximum Gasteiger partial charge on any atom is 0.321 e. The number of halogens is 2. The zero-order valence-electron chi connectivity index (χ0n) is 11.9. The molecular formula is C16H16BrFN2O. The molecule has 21 heavy (non-hydrogen) atoms. The van der Waals surface area contributed by atoms with E-state index in [-0.39, 0.29) is 11.8 Å². The van der Waals surface area contributed by atoms with Gasteiger partial charge in [-0.25, -0.2) is 9.18 Å². The number of nitrogens with zero attached hydrogens (tertiary/aromatic N) is 1. The molecule has 0 unspecified atom stereocenters. The van der Waals surface area contributed by atoms with Crippen LogP contribution in [-0.4, -0.2) is 18.0 Å². The van der Waals surface area contributed by atoms with E-state index in [9.17, 15) is 9.18 Å². The number of carbonyl (C=O) groups excluding carboxylic acids is 1. The summed E-state index contributed by atoms with van der Waals surface area (Å²) in [6.45, 7) is 2.32. The summed E-state index contributed by atoms with van der Waals surface area (Å²) in [7, 11) is 1.67. The molecule has 2 rings (SSSR count). The smallest absolute Gasteiger partial charge is 0.321 e. The SMILES string of the molecule is Cc1ccc(NC(=O)N(C)Cc2cccc(F)c2)c(Br)c1. The van der Waals surface area contributed by atoms with Crippen LogP contribution in [0, 0.1) is 12.7 Å². The first-order valence-electron chi connectivity index (χ1n) is 6.48. The summed E-state index contributed by atoms with van der Waals surface area (Å²) < 4.78 is 14.0. The summed E-state index contributed by atoms with van der Waals surface area (Å²) in [5.74, 6) is -0.303. The van der Waals surface area contributed by atoms with Gasteiger partial charge in [0.25, 0.3) is 0 Å². The van der Waals surface area contributed by atoms with Crippen molar-refractivity contribution in [2.45, 2.75) is 13.5 Å². The maximum atomic E-state index is 13.1. The second kappa shape index (κ2) is 6.72. The molecule has 0 aliphatic carbocycles. The third-order valence-corrected chi connectivity index (χ3v) is 3.68. The maximum absolute atomic E-state index is 13.1. The van der Waals surface area contributed by atoms with Crippen LogP contribution in [0.2, 0.25) is 0 Å². The molecule has 0 fully saturated rings. The number of amides is 2. The van der Waals surface area contributed by atoms with E-state index in [1.54, 1.807) is 19.2 Å². The Morgan fingerprint density at radius 1 is 1.29 bits per heavy atom. The number of aryl methyl sites for hydroxylation is 1. The lowest BCUT2D eigenvalue weighted by Gasteiger charge is -2.18. The van der Waals surface area contributed by atoms with Gasteiger partial charge in [-0.05, 0) is 58.2 Å².